The number of aryl methyl sites for hydroxylation is 1. The summed E-state index contributed by atoms with van der Waals surface area (Å²) in [6, 6.07) is 5.77. The molecule has 1 N–H and O–H groups in total. The minimum Gasteiger partial charge on any atom is -0.338 e. The summed E-state index contributed by atoms with van der Waals surface area (Å²) in [6.45, 7) is 4.53. The molecule has 27 heavy (non-hydrogen) atoms. The van der Waals surface area contributed by atoms with Gasteiger partial charge in [-0.05, 0) is 38.3 Å². The minimum atomic E-state index is -0.0460. The number of aromatic amines is 1. The van der Waals surface area contributed by atoms with Crippen molar-refractivity contribution in [3.63, 3.8) is 0 Å². The number of nitrogens with one attached hydrogen (secondary N) is 1. The topological polar surface area (TPSA) is 82.2 Å². The molecule has 2 aliphatic rings. The van der Waals surface area contributed by atoms with E-state index in [1.807, 2.05) is 34.9 Å². The Labute approximate surface area is 158 Å². The first kappa shape index (κ1) is 17.7. The van der Waals surface area contributed by atoms with Crippen molar-refractivity contribution in [2.45, 2.75) is 39.2 Å². The first-order valence-electron chi connectivity index (χ1n) is 9.53. The Morgan fingerprint density at radius 3 is 2.89 bits per heavy atom. The van der Waals surface area contributed by atoms with Gasteiger partial charge in [0.25, 0.3) is 5.91 Å². The lowest BCUT2D eigenvalue weighted by atomic mass is 9.73. The molecule has 2 fully saturated rings. The third-order valence-electron chi connectivity index (χ3n) is 5.68. The molecule has 1 spiro atoms. The van der Waals surface area contributed by atoms with Crippen LogP contribution < -0.4 is 0 Å². The van der Waals surface area contributed by atoms with Gasteiger partial charge in [-0.2, -0.15) is 0 Å². The molecule has 7 nitrogen and oxygen atoms in total. The predicted octanol–water partition coefficient (Wildman–Crippen LogP) is 2.16. The molecule has 0 aliphatic carbocycles. The van der Waals surface area contributed by atoms with E-state index in [0.29, 0.717) is 31.9 Å². The second-order valence-corrected chi connectivity index (χ2v) is 7.82. The van der Waals surface area contributed by atoms with E-state index < -0.39 is 0 Å². The number of rotatable bonds is 3. The molecule has 0 radical (unpaired) electrons. The Balaban J connectivity index is 1.48. The van der Waals surface area contributed by atoms with Crippen molar-refractivity contribution >= 4 is 11.8 Å². The summed E-state index contributed by atoms with van der Waals surface area (Å²) >= 11 is 0. The van der Waals surface area contributed by atoms with Crippen LogP contribution in [0.3, 0.4) is 0 Å². The second-order valence-electron chi connectivity index (χ2n) is 7.82. The number of imidazole rings is 1. The number of H-pyrrole nitrogens is 1. The molecular weight excluding hydrogens is 342 g/mol. The second kappa shape index (κ2) is 7.13. The average molecular weight is 367 g/mol. The maximum Gasteiger partial charge on any atom is 0.289 e. The zero-order valence-corrected chi connectivity index (χ0v) is 15.6. The Morgan fingerprint density at radius 1 is 1.26 bits per heavy atom. The molecule has 7 heteroatoms. The van der Waals surface area contributed by atoms with Gasteiger partial charge >= 0.3 is 0 Å². The number of carbonyl (C=O) groups is 2. The van der Waals surface area contributed by atoms with Crippen LogP contribution in [0.1, 0.15) is 47.7 Å². The van der Waals surface area contributed by atoms with E-state index in [4.69, 9.17) is 0 Å². The van der Waals surface area contributed by atoms with Crippen LogP contribution in [0.2, 0.25) is 0 Å². The van der Waals surface area contributed by atoms with Gasteiger partial charge in [-0.15, -0.1) is 0 Å². The lowest BCUT2D eigenvalue weighted by molar-refractivity contribution is -0.139. The highest BCUT2D eigenvalue weighted by Gasteiger charge is 2.43. The number of aromatic nitrogens is 3. The van der Waals surface area contributed by atoms with E-state index in [2.05, 4.69) is 15.0 Å². The number of likely N-dealkylation sites (tertiary alicyclic amines) is 2. The molecule has 2 aromatic rings. The number of piperidine rings is 2. The highest BCUT2D eigenvalue weighted by Crippen LogP contribution is 2.39. The van der Waals surface area contributed by atoms with Gasteiger partial charge in [0.2, 0.25) is 5.91 Å². The molecule has 2 saturated heterocycles. The monoisotopic (exact) mass is 367 g/mol. The largest absolute Gasteiger partial charge is 0.338 e. The average Bonchev–Trinajstić information content (AvgIpc) is 3.12. The van der Waals surface area contributed by atoms with E-state index in [1.165, 1.54) is 0 Å². The molecule has 2 aromatic heterocycles. The van der Waals surface area contributed by atoms with E-state index >= 15 is 0 Å². The minimum absolute atomic E-state index is 0.0295. The molecule has 2 amide bonds. The predicted molar refractivity (Wildman–Crippen MR) is 99.8 cm³/mol. The van der Waals surface area contributed by atoms with Gasteiger partial charge in [-0.1, -0.05) is 6.07 Å². The first-order chi connectivity index (χ1) is 13.0. The molecular formula is C20H25N5O2. The summed E-state index contributed by atoms with van der Waals surface area (Å²) < 4.78 is 0. The van der Waals surface area contributed by atoms with Gasteiger partial charge < -0.3 is 14.8 Å². The number of pyridine rings is 1. The molecule has 4 heterocycles. The van der Waals surface area contributed by atoms with Gasteiger partial charge in [0.15, 0.2) is 5.82 Å². The van der Waals surface area contributed by atoms with Gasteiger partial charge in [-0.3, -0.25) is 14.6 Å². The van der Waals surface area contributed by atoms with Gasteiger partial charge in [0.1, 0.15) is 0 Å². The zero-order chi connectivity index (χ0) is 18.9. The van der Waals surface area contributed by atoms with E-state index in [-0.39, 0.29) is 17.2 Å². The van der Waals surface area contributed by atoms with Crippen LogP contribution in [-0.2, 0) is 11.3 Å². The highest BCUT2D eigenvalue weighted by atomic mass is 16.2. The molecule has 0 unspecified atom stereocenters. The van der Waals surface area contributed by atoms with Crippen LogP contribution in [0.15, 0.2) is 30.6 Å². The lowest BCUT2D eigenvalue weighted by Crippen LogP contribution is -2.55. The molecule has 0 saturated carbocycles. The smallest absolute Gasteiger partial charge is 0.289 e. The number of carbonyl (C=O) groups excluding carboxylic acids is 2. The van der Waals surface area contributed by atoms with Crippen molar-refractivity contribution in [1.82, 2.24) is 24.8 Å². The number of hydrogen-bond donors (Lipinski definition) is 1. The maximum absolute atomic E-state index is 12.8. The number of nitrogens with zero attached hydrogens (tertiary/aromatic N) is 4. The molecule has 0 aromatic carbocycles. The summed E-state index contributed by atoms with van der Waals surface area (Å²) in [5.41, 5.74) is 1.76. The quantitative estimate of drug-likeness (QED) is 0.901. The summed E-state index contributed by atoms with van der Waals surface area (Å²) in [5.74, 6) is 0.536. The van der Waals surface area contributed by atoms with Crippen LogP contribution in [-0.4, -0.2) is 56.2 Å². The van der Waals surface area contributed by atoms with Gasteiger partial charge in [-0.25, -0.2) is 4.98 Å². The molecule has 1 atom stereocenters. The zero-order valence-electron chi connectivity index (χ0n) is 15.6. The Bertz CT molecular complexity index is 834. The number of hydrogen-bond acceptors (Lipinski definition) is 4. The van der Waals surface area contributed by atoms with Crippen LogP contribution in [0.25, 0.3) is 0 Å². The molecule has 0 bridgehead atoms. The molecule has 142 valence electrons. The standard InChI is InChI=1S/C20H25N5O2/c1-15-11-22-18(23-15)19(27)24-10-4-7-20(13-24)8-6-17(26)25(14-20)12-16-5-2-3-9-21-16/h2-3,5,9,11H,4,6-8,10,12-14H2,1H3,(H,22,23)/t20-/m0/s1. The summed E-state index contributed by atoms with van der Waals surface area (Å²) in [5, 5.41) is 0. The van der Waals surface area contributed by atoms with Crippen molar-refractivity contribution in [2.24, 2.45) is 5.41 Å². The Hall–Kier alpha value is -2.70. The fourth-order valence-electron chi connectivity index (χ4n) is 4.32. The SMILES string of the molecule is Cc1cnc(C(=O)N2CCC[C@]3(CCC(=O)N(Cc4ccccn4)C3)C2)[nH]1. The van der Waals surface area contributed by atoms with Crippen molar-refractivity contribution in [3.8, 4) is 0 Å². The maximum atomic E-state index is 12.8. The fourth-order valence-corrected chi connectivity index (χ4v) is 4.32. The van der Waals surface area contributed by atoms with Crippen molar-refractivity contribution < 1.29 is 9.59 Å². The van der Waals surface area contributed by atoms with Crippen molar-refractivity contribution in [1.29, 1.82) is 0 Å². The van der Waals surface area contributed by atoms with Crippen molar-refractivity contribution in [3.05, 3.63) is 47.8 Å². The Morgan fingerprint density at radius 2 is 2.15 bits per heavy atom. The first-order valence-corrected chi connectivity index (χ1v) is 9.53. The van der Waals surface area contributed by atoms with E-state index in [1.54, 1.807) is 12.4 Å². The van der Waals surface area contributed by atoms with E-state index in [9.17, 15) is 9.59 Å². The molecule has 2 aliphatic heterocycles. The van der Waals surface area contributed by atoms with Crippen LogP contribution >= 0.6 is 0 Å². The lowest BCUT2D eigenvalue weighted by Gasteiger charge is -2.48. The van der Waals surface area contributed by atoms with Crippen LogP contribution in [0, 0.1) is 12.3 Å². The van der Waals surface area contributed by atoms with Crippen LogP contribution in [0.5, 0.6) is 0 Å². The number of amides is 2. The van der Waals surface area contributed by atoms with Gasteiger partial charge in [0.05, 0.1) is 12.2 Å². The van der Waals surface area contributed by atoms with E-state index in [0.717, 1.165) is 37.2 Å². The third-order valence-corrected chi connectivity index (χ3v) is 5.68. The summed E-state index contributed by atoms with van der Waals surface area (Å²) in [7, 11) is 0. The van der Waals surface area contributed by atoms with Crippen LogP contribution in [0.4, 0.5) is 0 Å². The normalized spacial score (nSPS) is 23.1. The summed E-state index contributed by atoms with van der Waals surface area (Å²) in [4.78, 5) is 40.7. The third kappa shape index (κ3) is 3.72. The van der Waals surface area contributed by atoms with Gasteiger partial charge in [0, 0.05) is 49.6 Å². The van der Waals surface area contributed by atoms with Crippen molar-refractivity contribution in [2.75, 3.05) is 19.6 Å². The summed E-state index contributed by atoms with van der Waals surface area (Å²) in [6.07, 6.45) is 6.81. The Kier molecular flexibility index (Phi) is 4.68. The molecule has 4 rings (SSSR count). The highest BCUT2D eigenvalue weighted by molar-refractivity contribution is 5.90. The fraction of sp³-hybridized carbons (Fsp3) is 0.500.